The molecule has 0 heterocycles. The zero-order valence-electron chi connectivity index (χ0n) is 9.53. The zero-order valence-corrected chi connectivity index (χ0v) is 9.53. The molecule has 0 aliphatic heterocycles. The maximum Gasteiger partial charge on any atom is 0.295 e. The Bertz CT molecular complexity index is 521. The number of nitrogens with two attached hydrogens (primary N) is 3. The first kappa shape index (κ1) is 13.2. The molecule has 0 unspecified atom stereocenters. The minimum absolute atomic E-state index is 0.00171. The van der Waals surface area contributed by atoms with Gasteiger partial charge in [0.1, 0.15) is 11.4 Å². The van der Waals surface area contributed by atoms with E-state index in [1.54, 1.807) is 0 Å². The molecule has 1 aromatic carbocycles. The van der Waals surface area contributed by atoms with Crippen molar-refractivity contribution in [3.05, 3.63) is 28.3 Å². The van der Waals surface area contributed by atoms with Crippen LogP contribution in [-0.2, 0) is 0 Å². The first-order valence-electron chi connectivity index (χ1n) is 4.70. The van der Waals surface area contributed by atoms with Crippen LogP contribution in [0.25, 0.3) is 0 Å². The predicted octanol–water partition coefficient (Wildman–Crippen LogP) is -0.177. The van der Waals surface area contributed by atoms with Gasteiger partial charge in [0, 0.05) is 12.1 Å². The van der Waals surface area contributed by atoms with Crippen LogP contribution >= 0.6 is 0 Å². The van der Waals surface area contributed by atoms with Crippen LogP contribution in [-0.4, -0.2) is 24.0 Å². The van der Waals surface area contributed by atoms with Crippen molar-refractivity contribution < 1.29 is 9.66 Å². The highest BCUT2D eigenvalue weighted by Crippen LogP contribution is 2.31. The molecule has 0 saturated carbocycles. The van der Waals surface area contributed by atoms with Gasteiger partial charge in [-0.2, -0.15) is 4.99 Å². The number of methoxy groups -OCH3 is 1. The fourth-order valence-electron chi connectivity index (χ4n) is 1.15. The van der Waals surface area contributed by atoms with Gasteiger partial charge in [0.15, 0.2) is 5.96 Å². The van der Waals surface area contributed by atoms with Crippen LogP contribution in [0.5, 0.6) is 5.75 Å². The van der Waals surface area contributed by atoms with E-state index in [4.69, 9.17) is 21.9 Å². The van der Waals surface area contributed by atoms with Crippen molar-refractivity contribution in [2.45, 2.75) is 0 Å². The monoisotopic (exact) mass is 252 g/mol. The Hall–Kier alpha value is -2.84. The number of nitro benzene ring substituents is 1. The molecule has 9 nitrogen and oxygen atoms in total. The van der Waals surface area contributed by atoms with Crippen LogP contribution in [0.15, 0.2) is 28.2 Å². The molecule has 0 aromatic heterocycles. The van der Waals surface area contributed by atoms with E-state index >= 15 is 0 Å². The van der Waals surface area contributed by atoms with E-state index in [1.165, 1.54) is 25.3 Å². The van der Waals surface area contributed by atoms with Crippen molar-refractivity contribution >= 4 is 23.3 Å². The van der Waals surface area contributed by atoms with Gasteiger partial charge in [0.05, 0.1) is 12.0 Å². The van der Waals surface area contributed by atoms with Crippen LogP contribution in [0.2, 0.25) is 0 Å². The molecule has 0 atom stereocenters. The topological polar surface area (TPSA) is 155 Å². The fourth-order valence-corrected chi connectivity index (χ4v) is 1.15. The van der Waals surface area contributed by atoms with Gasteiger partial charge in [-0.25, -0.2) is 4.99 Å². The lowest BCUT2D eigenvalue weighted by Gasteiger charge is -2.02. The molecule has 0 radical (unpaired) electrons. The molecule has 6 N–H and O–H groups in total. The van der Waals surface area contributed by atoms with Crippen molar-refractivity contribution in [2.24, 2.45) is 27.2 Å². The highest BCUT2D eigenvalue weighted by molar-refractivity contribution is 5.94. The number of guanidine groups is 2. The fraction of sp³-hybridized carbons (Fsp3) is 0.111. The standard InChI is InChI=1S/C9H12N6O3/c1-18-5-2-3-7(15(16)17)6(4-5)13-9(12)14-8(10)11/h2-4H,1H3,(H6,10,11,12,13,14). The van der Waals surface area contributed by atoms with E-state index in [0.29, 0.717) is 5.75 Å². The molecule has 1 aromatic rings. The smallest absolute Gasteiger partial charge is 0.295 e. The summed E-state index contributed by atoms with van der Waals surface area (Å²) < 4.78 is 4.93. The van der Waals surface area contributed by atoms with Gasteiger partial charge in [-0.1, -0.05) is 0 Å². The maximum atomic E-state index is 10.8. The summed E-state index contributed by atoms with van der Waals surface area (Å²) in [7, 11) is 1.42. The molecule has 0 spiro atoms. The Kier molecular flexibility index (Phi) is 4.02. The van der Waals surface area contributed by atoms with Gasteiger partial charge in [-0.15, -0.1) is 0 Å². The second-order valence-electron chi connectivity index (χ2n) is 3.12. The minimum atomic E-state index is -0.596. The second kappa shape index (κ2) is 5.48. The quantitative estimate of drug-likeness (QED) is 0.293. The van der Waals surface area contributed by atoms with Gasteiger partial charge in [0.2, 0.25) is 5.96 Å². The number of hydrogen-bond donors (Lipinski definition) is 3. The summed E-state index contributed by atoms with van der Waals surface area (Å²) in [6.07, 6.45) is 0. The second-order valence-corrected chi connectivity index (χ2v) is 3.12. The van der Waals surface area contributed by atoms with Crippen molar-refractivity contribution in [1.29, 1.82) is 0 Å². The van der Waals surface area contributed by atoms with Crippen LogP contribution in [0.3, 0.4) is 0 Å². The van der Waals surface area contributed by atoms with Crippen LogP contribution in [0.4, 0.5) is 11.4 Å². The number of rotatable bonds is 3. The average molecular weight is 252 g/mol. The minimum Gasteiger partial charge on any atom is -0.497 e. The van der Waals surface area contributed by atoms with Gasteiger partial charge in [-0.3, -0.25) is 10.1 Å². The Morgan fingerprint density at radius 3 is 2.56 bits per heavy atom. The largest absolute Gasteiger partial charge is 0.497 e. The molecule has 18 heavy (non-hydrogen) atoms. The number of hydrogen-bond acceptors (Lipinski definition) is 4. The molecule has 0 fully saturated rings. The summed E-state index contributed by atoms with van der Waals surface area (Å²) in [5, 5.41) is 10.8. The van der Waals surface area contributed by atoms with E-state index < -0.39 is 4.92 Å². The zero-order chi connectivity index (χ0) is 13.7. The average Bonchev–Trinajstić information content (AvgIpc) is 2.27. The first-order valence-corrected chi connectivity index (χ1v) is 4.70. The third-order valence-corrected chi connectivity index (χ3v) is 1.86. The maximum absolute atomic E-state index is 10.8. The lowest BCUT2D eigenvalue weighted by atomic mass is 10.2. The van der Waals surface area contributed by atoms with Gasteiger partial charge < -0.3 is 21.9 Å². The molecular formula is C9H12N6O3. The molecule has 0 bridgehead atoms. The van der Waals surface area contributed by atoms with Crippen molar-refractivity contribution in [2.75, 3.05) is 7.11 Å². The highest BCUT2D eigenvalue weighted by atomic mass is 16.6. The molecular weight excluding hydrogens is 240 g/mol. The van der Waals surface area contributed by atoms with Crippen LogP contribution in [0.1, 0.15) is 0 Å². The number of aliphatic imine (C=N–C) groups is 2. The molecule has 0 aliphatic rings. The highest BCUT2D eigenvalue weighted by Gasteiger charge is 2.14. The molecule has 96 valence electrons. The molecule has 0 amide bonds. The van der Waals surface area contributed by atoms with E-state index in [0.717, 1.165) is 0 Å². The van der Waals surface area contributed by atoms with E-state index in [2.05, 4.69) is 9.98 Å². The summed E-state index contributed by atoms with van der Waals surface area (Å²) in [6.45, 7) is 0. The number of ether oxygens (including phenoxy) is 1. The molecule has 1 rings (SSSR count). The van der Waals surface area contributed by atoms with Gasteiger partial charge in [-0.05, 0) is 6.07 Å². The Balaban J connectivity index is 3.28. The summed E-state index contributed by atoms with van der Waals surface area (Å²) in [6, 6.07) is 4.04. The lowest BCUT2D eigenvalue weighted by Crippen LogP contribution is -2.26. The first-order chi connectivity index (χ1) is 8.43. The molecule has 9 heteroatoms. The number of nitrogens with zero attached hydrogens (tertiary/aromatic N) is 3. The van der Waals surface area contributed by atoms with Crippen molar-refractivity contribution in [3.63, 3.8) is 0 Å². The van der Waals surface area contributed by atoms with Crippen molar-refractivity contribution in [1.82, 2.24) is 0 Å². The summed E-state index contributed by atoms with van der Waals surface area (Å²) in [4.78, 5) is 17.4. The lowest BCUT2D eigenvalue weighted by molar-refractivity contribution is -0.384. The van der Waals surface area contributed by atoms with Crippen LogP contribution in [0, 0.1) is 10.1 Å². The summed E-state index contributed by atoms with van der Waals surface area (Å²) in [5.41, 5.74) is 15.4. The predicted molar refractivity (Wildman–Crippen MR) is 66.7 cm³/mol. The van der Waals surface area contributed by atoms with Crippen LogP contribution < -0.4 is 21.9 Å². The summed E-state index contributed by atoms with van der Waals surface area (Å²) in [5.74, 6) is -0.176. The third kappa shape index (κ3) is 3.33. The van der Waals surface area contributed by atoms with Gasteiger partial charge >= 0.3 is 0 Å². The molecule has 0 saturated heterocycles. The Labute approximate surface area is 102 Å². The SMILES string of the molecule is COc1ccc([N+](=O)[O-])c(N=C(N)N=C(N)N)c1. The molecule has 0 aliphatic carbocycles. The third-order valence-electron chi connectivity index (χ3n) is 1.86. The number of benzene rings is 1. The van der Waals surface area contributed by atoms with Crippen molar-refractivity contribution in [3.8, 4) is 5.75 Å². The van der Waals surface area contributed by atoms with E-state index in [1.807, 2.05) is 0 Å². The van der Waals surface area contributed by atoms with Gasteiger partial charge in [0.25, 0.3) is 5.69 Å². The van der Waals surface area contributed by atoms with E-state index in [-0.39, 0.29) is 23.3 Å². The van der Waals surface area contributed by atoms with E-state index in [9.17, 15) is 10.1 Å². The Morgan fingerprint density at radius 1 is 1.39 bits per heavy atom. The number of nitro groups is 1. The Morgan fingerprint density at radius 2 is 2.06 bits per heavy atom. The normalized spacial score (nSPS) is 10.8. The summed E-state index contributed by atoms with van der Waals surface area (Å²) >= 11 is 0.